The minimum Gasteiger partial charge on any atom is -0.486 e. The first kappa shape index (κ1) is 17.8. The van der Waals surface area contributed by atoms with E-state index < -0.39 is 5.60 Å². The lowest BCUT2D eigenvalue weighted by molar-refractivity contribution is -0.00619. The Morgan fingerprint density at radius 3 is 2.33 bits per heavy atom. The quantitative estimate of drug-likeness (QED) is 0.761. The number of carbonyl (C=O) groups excluding carboxylic acids is 2. The molecule has 1 amide bonds. The number of piperidine rings is 1. The summed E-state index contributed by atoms with van der Waals surface area (Å²) in [5, 5.41) is 0. The van der Waals surface area contributed by atoms with Gasteiger partial charge < -0.3 is 9.64 Å². The number of carbonyl (C=O) groups is 2. The van der Waals surface area contributed by atoms with Crippen LogP contribution in [0.4, 0.5) is 0 Å². The smallest absolute Gasteiger partial charge is 0.253 e. The van der Waals surface area contributed by atoms with Crippen molar-refractivity contribution in [2.24, 2.45) is 0 Å². The Labute approximate surface area is 160 Å². The lowest BCUT2D eigenvalue weighted by Crippen LogP contribution is -2.52. The topological polar surface area (TPSA) is 46.6 Å². The van der Waals surface area contributed by atoms with E-state index in [-0.39, 0.29) is 11.7 Å². The van der Waals surface area contributed by atoms with E-state index in [1.54, 1.807) is 0 Å². The monoisotopic (exact) mass is 363 g/mol. The zero-order valence-corrected chi connectivity index (χ0v) is 16.2. The van der Waals surface area contributed by atoms with Crippen molar-refractivity contribution < 1.29 is 14.3 Å². The number of ether oxygens (including phenoxy) is 1. The average Bonchev–Trinajstić information content (AvgIpc) is 2.64. The fourth-order valence-corrected chi connectivity index (χ4v) is 4.21. The molecular formula is C23H25NO3. The molecule has 0 aliphatic carbocycles. The molecule has 27 heavy (non-hydrogen) atoms. The van der Waals surface area contributed by atoms with Crippen LogP contribution < -0.4 is 4.74 Å². The third kappa shape index (κ3) is 3.25. The highest BCUT2D eigenvalue weighted by Crippen LogP contribution is 2.41. The molecule has 140 valence electrons. The molecule has 2 heterocycles. The molecule has 1 fully saturated rings. The molecule has 4 nitrogen and oxygen atoms in total. The highest BCUT2D eigenvalue weighted by Gasteiger charge is 2.44. The Balaban J connectivity index is 1.51. The van der Waals surface area contributed by atoms with Crippen molar-refractivity contribution in [3.63, 3.8) is 0 Å². The number of fused-ring (bicyclic) bond motifs is 1. The standard InChI is InChI=1S/C23H25NO3/c1-15-4-6-18(7-5-15)22(26)24-10-8-23(9-11-24)14-20(25)19-13-16(2)12-17(3)21(19)27-23/h4-7,12-13H,8-11,14H2,1-3H3. The molecule has 0 bridgehead atoms. The molecule has 2 aliphatic rings. The molecule has 2 aromatic carbocycles. The first-order valence-electron chi connectivity index (χ1n) is 9.56. The highest BCUT2D eigenvalue weighted by molar-refractivity contribution is 6.01. The maximum Gasteiger partial charge on any atom is 0.253 e. The van der Waals surface area contributed by atoms with Gasteiger partial charge in [0, 0.05) is 31.5 Å². The number of aryl methyl sites for hydroxylation is 3. The molecule has 2 aliphatic heterocycles. The van der Waals surface area contributed by atoms with Gasteiger partial charge in [-0.25, -0.2) is 0 Å². The zero-order valence-electron chi connectivity index (χ0n) is 16.2. The lowest BCUT2D eigenvalue weighted by Gasteiger charge is -2.44. The summed E-state index contributed by atoms with van der Waals surface area (Å²) in [6, 6.07) is 11.7. The van der Waals surface area contributed by atoms with Gasteiger partial charge in [-0.3, -0.25) is 9.59 Å². The van der Waals surface area contributed by atoms with E-state index in [2.05, 4.69) is 6.07 Å². The minimum absolute atomic E-state index is 0.0548. The summed E-state index contributed by atoms with van der Waals surface area (Å²) in [5.41, 5.74) is 4.18. The van der Waals surface area contributed by atoms with Crippen LogP contribution in [0.1, 0.15) is 56.7 Å². The predicted octanol–water partition coefficient (Wildman–Crippen LogP) is 4.25. The fraction of sp³-hybridized carbons (Fsp3) is 0.391. The number of Topliss-reactive ketones (excluding diaryl/α,β-unsaturated/α-hetero) is 1. The van der Waals surface area contributed by atoms with Crippen LogP contribution in [-0.4, -0.2) is 35.3 Å². The van der Waals surface area contributed by atoms with Crippen LogP contribution in [0.15, 0.2) is 36.4 Å². The van der Waals surface area contributed by atoms with Crippen LogP contribution in [0, 0.1) is 20.8 Å². The van der Waals surface area contributed by atoms with Gasteiger partial charge in [-0.15, -0.1) is 0 Å². The molecule has 0 aromatic heterocycles. The SMILES string of the molecule is Cc1ccc(C(=O)N2CCC3(CC2)CC(=O)c2cc(C)cc(C)c2O3)cc1. The molecular weight excluding hydrogens is 338 g/mol. The third-order valence-electron chi connectivity index (χ3n) is 5.78. The summed E-state index contributed by atoms with van der Waals surface area (Å²) in [6.07, 6.45) is 1.77. The van der Waals surface area contributed by atoms with Gasteiger partial charge in [0.25, 0.3) is 5.91 Å². The van der Waals surface area contributed by atoms with Gasteiger partial charge in [0.1, 0.15) is 11.4 Å². The van der Waals surface area contributed by atoms with E-state index in [9.17, 15) is 9.59 Å². The second kappa shape index (κ2) is 6.52. The maximum atomic E-state index is 12.8. The summed E-state index contributed by atoms with van der Waals surface area (Å²) >= 11 is 0. The molecule has 4 rings (SSSR count). The van der Waals surface area contributed by atoms with Gasteiger partial charge in [0.15, 0.2) is 5.78 Å². The van der Waals surface area contributed by atoms with Gasteiger partial charge >= 0.3 is 0 Å². The number of amides is 1. The van der Waals surface area contributed by atoms with E-state index in [0.717, 1.165) is 22.4 Å². The molecule has 0 radical (unpaired) electrons. The molecule has 0 saturated carbocycles. The first-order chi connectivity index (χ1) is 12.9. The Morgan fingerprint density at radius 2 is 1.67 bits per heavy atom. The van der Waals surface area contributed by atoms with Crippen LogP contribution in [-0.2, 0) is 0 Å². The van der Waals surface area contributed by atoms with Crippen molar-refractivity contribution in [1.29, 1.82) is 0 Å². The van der Waals surface area contributed by atoms with Crippen LogP contribution in [0.25, 0.3) is 0 Å². The van der Waals surface area contributed by atoms with E-state index in [1.165, 1.54) is 0 Å². The third-order valence-corrected chi connectivity index (χ3v) is 5.78. The summed E-state index contributed by atoms with van der Waals surface area (Å²) in [5.74, 6) is 0.940. The van der Waals surface area contributed by atoms with Crippen LogP contribution in [0.3, 0.4) is 0 Å². The molecule has 0 unspecified atom stereocenters. The van der Waals surface area contributed by atoms with Crippen molar-refractivity contribution in [3.8, 4) is 5.75 Å². The Hall–Kier alpha value is -2.62. The number of likely N-dealkylation sites (tertiary alicyclic amines) is 1. The summed E-state index contributed by atoms with van der Waals surface area (Å²) in [4.78, 5) is 27.4. The van der Waals surface area contributed by atoms with Gasteiger partial charge in [0.05, 0.1) is 12.0 Å². The molecule has 2 aromatic rings. The molecule has 0 atom stereocenters. The predicted molar refractivity (Wildman–Crippen MR) is 105 cm³/mol. The molecule has 0 N–H and O–H groups in total. The van der Waals surface area contributed by atoms with Gasteiger partial charge in [-0.05, 0) is 50.1 Å². The maximum absolute atomic E-state index is 12.8. The number of nitrogens with zero attached hydrogens (tertiary/aromatic N) is 1. The zero-order chi connectivity index (χ0) is 19.2. The Kier molecular flexibility index (Phi) is 4.29. The van der Waals surface area contributed by atoms with Gasteiger partial charge in [0.2, 0.25) is 0 Å². The molecule has 1 saturated heterocycles. The average molecular weight is 363 g/mol. The Morgan fingerprint density at radius 1 is 1.00 bits per heavy atom. The summed E-state index contributed by atoms with van der Waals surface area (Å²) in [6.45, 7) is 7.23. The van der Waals surface area contributed by atoms with E-state index in [4.69, 9.17) is 4.74 Å². The number of rotatable bonds is 1. The van der Waals surface area contributed by atoms with E-state index >= 15 is 0 Å². The van der Waals surface area contributed by atoms with Crippen molar-refractivity contribution in [2.75, 3.05) is 13.1 Å². The fourth-order valence-electron chi connectivity index (χ4n) is 4.21. The van der Waals surface area contributed by atoms with Gasteiger partial charge in [-0.1, -0.05) is 23.8 Å². The number of ketones is 1. The largest absolute Gasteiger partial charge is 0.486 e. The lowest BCUT2D eigenvalue weighted by atomic mass is 9.81. The van der Waals surface area contributed by atoms with Crippen LogP contribution in [0.5, 0.6) is 5.75 Å². The van der Waals surface area contributed by atoms with E-state index in [0.29, 0.717) is 43.5 Å². The highest BCUT2D eigenvalue weighted by atomic mass is 16.5. The normalized spacial score (nSPS) is 18.2. The minimum atomic E-state index is -0.478. The molecule has 1 spiro atoms. The molecule has 4 heteroatoms. The van der Waals surface area contributed by atoms with Crippen LogP contribution >= 0.6 is 0 Å². The number of hydrogen-bond acceptors (Lipinski definition) is 3. The Bertz CT molecular complexity index is 906. The summed E-state index contributed by atoms with van der Waals surface area (Å²) in [7, 11) is 0. The van der Waals surface area contributed by atoms with Crippen molar-refractivity contribution in [3.05, 3.63) is 64.2 Å². The van der Waals surface area contributed by atoms with Crippen molar-refractivity contribution >= 4 is 11.7 Å². The van der Waals surface area contributed by atoms with Crippen LogP contribution in [0.2, 0.25) is 0 Å². The van der Waals surface area contributed by atoms with Gasteiger partial charge in [-0.2, -0.15) is 0 Å². The van der Waals surface area contributed by atoms with E-state index in [1.807, 2.05) is 56.0 Å². The second-order valence-electron chi connectivity index (χ2n) is 8.00. The summed E-state index contributed by atoms with van der Waals surface area (Å²) < 4.78 is 6.41. The van der Waals surface area contributed by atoms with Crippen molar-refractivity contribution in [1.82, 2.24) is 4.90 Å². The second-order valence-corrected chi connectivity index (χ2v) is 8.00. The first-order valence-corrected chi connectivity index (χ1v) is 9.56. The van der Waals surface area contributed by atoms with Crippen molar-refractivity contribution in [2.45, 2.75) is 45.6 Å². The number of benzene rings is 2. The number of hydrogen-bond donors (Lipinski definition) is 0.